The Kier molecular flexibility index (Phi) is 17.4. The average Bonchev–Trinajstić information content (AvgIpc) is 1.71. The number of aryl methyl sites for hydroxylation is 3. The fourth-order valence-corrected chi connectivity index (χ4v) is 11.5. The van der Waals surface area contributed by atoms with Gasteiger partial charge in [0.2, 0.25) is 11.8 Å². The zero-order valence-electron chi connectivity index (χ0n) is 46.5. The second kappa shape index (κ2) is 24.2. The molecule has 5 N–H and O–H groups in total. The average molecular weight is 1400 g/mol. The molecule has 5 aromatic carbocycles. The van der Waals surface area contributed by atoms with E-state index in [-0.39, 0.29) is 73.0 Å². The highest BCUT2D eigenvalue weighted by Gasteiger charge is 2.35. The molecule has 2 saturated carbocycles. The maximum absolute atomic E-state index is 15.2. The van der Waals surface area contributed by atoms with E-state index in [9.17, 15) is 46.8 Å². The van der Waals surface area contributed by atoms with E-state index in [4.69, 9.17) is 9.92 Å². The van der Waals surface area contributed by atoms with Crippen molar-refractivity contribution in [2.45, 2.75) is 77.3 Å². The summed E-state index contributed by atoms with van der Waals surface area (Å²) in [5.74, 6) is -2.22. The van der Waals surface area contributed by atoms with Crippen molar-refractivity contribution in [2.24, 2.45) is 14.1 Å². The van der Waals surface area contributed by atoms with Crippen molar-refractivity contribution in [3.8, 4) is 17.1 Å². The van der Waals surface area contributed by atoms with Crippen molar-refractivity contribution in [3.63, 3.8) is 0 Å². The number of nitrogens with two attached hydrogens (primary N) is 1. The summed E-state index contributed by atoms with van der Waals surface area (Å²) in [5.41, 5.74) is 4.51. The topological polar surface area (TPSA) is 272 Å². The first-order chi connectivity index (χ1) is 40.2. The molecule has 2 fully saturated rings. The molecule has 0 unspecified atom stereocenters. The van der Waals surface area contributed by atoms with E-state index < -0.39 is 67.2 Å². The van der Waals surface area contributed by atoms with Crippen molar-refractivity contribution in [1.82, 2.24) is 27.4 Å². The Morgan fingerprint density at radius 2 is 1.04 bits per heavy atom. The van der Waals surface area contributed by atoms with E-state index in [0.717, 1.165) is 34.1 Å². The monoisotopic (exact) mass is 1400 g/mol. The third kappa shape index (κ3) is 12.5. The number of hydrogen-bond donors (Lipinski definition) is 4. The van der Waals surface area contributed by atoms with Crippen molar-refractivity contribution < 1.29 is 31.0 Å². The molecule has 2 aliphatic rings. The second-order valence-corrected chi connectivity index (χ2v) is 24.4. The van der Waals surface area contributed by atoms with Crippen LogP contribution in [0.4, 0.5) is 37.2 Å². The number of aromatic nitrogens is 6. The highest BCUT2D eigenvalue weighted by molar-refractivity contribution is 14.1. The number of fused-ring (bicyclic) bond motifs is 2. The van der Waals surface area contributed by atoms with Gasteiger partial charge in [-0.15, -0.1) is 0 Å². The Labute approximate surface area is 509 Å². The first-order valence-electron chi connectivity index (χ1n) is 26.2. The lowest BCUT2D eigenvalue weighted by Crippen LogP contribution is -2.42. The number of anilines is 5. The Balaban J connectivity index is 0.000000173. The zero-order valence-corrected chi connectivity index (χ0v) is 51.7. The summed E-state index contributed by atoms with van der Waals surface area (Å²) in [5, 5.41) is 8.27. The lowest BCUT2D eigenvalue weighted by atomic mass is 10.1. The number of benzene rings is 5. The van der Waals surface area contributed by atoms with Crippen LogP contribution in [0.15, 0.2) is 143 Å². The maximum Gasteiger partial charge on any atom is 0.339 e. The van der Waals surface area contributed by atoms with Crippen LogP contribution < -0.4 is 59.5 Å². The van der Waals surface area contributed by atoms with Gasteiger partial charge >= 0.3 is 21.5 Å². The molecule has 0 spiro atoms. The second-order valence-electron chi connectivity index (χ2n) is 20.4. The predicted octanol–water partition coefficient (Wildman–Crippen LogP) is 8.48. The molecule has 0 bridgehead atoms. The molecular weight excluding hydrogens is 1350 g/mol. The Morgan fingerprint density at radius 3 is 1.51 bits per heavy atom. The number of nitrogens with zero attached hydrogens (tertiary/aromatic N) is 6. The summed E-state index contributed by atoms with van der Waals surface area (Å²) >= 11 is 3.89. The number of hydrogen-bond acceptors (Lipinski definition) is 13. The van der Waals surface area contributed by atoms with Gasteiger partial charge in [-0.1, -0.05) is 29.8 Å². The molecule has 0 aliphatic heterocycles. The summed E-state index contributed by atoms with van der Waals surface area (Å²) < 4.78 is 69.9. The van der Waals surface area contributed by atoms with E-state index in [1.807, 2.05) is 45.2 Å². The number of pyridine rings is 2. The minimum Gasteiger partial charge on any atom is -0.399 e. The molecule has 9 aromatic rings. The van der Waals surface area contributed by atoms with Gasteiger partial charge in [-0.3, -0.25) is 47.0 Å². The molecule has 4 aromatic heterocycles. The molecule has 4 heterocycles. The number of nitrogens with one attached hydrogen (secondary N) is 3. The lowest BCUT2D eigenvalue weighted by molar-refractivity contribution is -0.115. The quantitative estimate of drug-likeness (QED) is 0.0538. The van der Waals surface area contributed by atoms with Crippen molar-refractivity contribution >= 4 is 118 Å². The van der Waals surface area contributed by atoms with Gasteiger partial charge in [0.25, 0.3) is 22.2 Å². The number of amides is 2. The van der Waals surface area contributed by atoms with Gasteiger partial charge in [-0.2, -0.15) is 8.42 Å². The van der Waals surface area contributed by atoms with E-state index in [2.05, 4.69) is 16.0 Å². The minimum absolute atomic E-state index is 0.0110. The van der Waals surface area contributed by atoms with E-state index >= 15 is 8.78 Å². The Bertz CT molecular complexity index is 4760. The summed E-state index contributed by atoms with van der Waals surface area (Å²) in [6.07, 6.45) is 2.42. The summed E-state index contributed by atoms with van der Waals surface area (Å²) in [6, 6.07) is 27.6. The standard InChI is InChI=1S/C26H23FIN5O4.C25H21FIN3O6S.C8H10N2O/c1-13-22(30-17-6-4-5-16(12-17)29-14(2)34)21-23(31(3)24(13)35)33(20-10-7-15(28)11-19(20)27)26(37)32(25(21)36)18-8-9-18;1-13-4-9-17(10-5-13)37(34,35)36-21-14(2)23(31)28(3)22-20(21)24(32)29(16-7-8-16)25(33)30(22)19-11-6-15(27)12-18(19)26;1-6(11)10-8-4-2-3-7(9)5-8/h4-7,10-12,18,30H,8-9H2,1-3H3,(H,29,34);4-6,9-12,16H,7-8H2,1-3H3;2-5H,9H2,1H3,(H,10,11). The molecule has 0 atom stereocenters. The van der Waals surface area contributed by atoms with Crippen molar-refractivity contribution in [2.75, 3.05) is 21.7 Å². The van der Waals surface area contributed by atoms with Gasteiger partial charge < -0.3 is 25.9 Å². The highest BCUT2D eigenvalue weighted by Crippen LogP contribution is 2.37. The summed E-state index contributed by atoms with van der Waals surface area (Å²) in [7, 11) is -1.68. The Hall–Kier alpha value is -8.51. The highest BCUT2D eigenvalue weighted by atomic mass is 127. The number of nitrogen functional groups attached to an aromatic ring is 1. The molecule has 11 rings (SSSR count). The minimum atomic E-state index is -4.47. The fourth-order valence-electron chi connectivity index (χ4n) is 9.59. The van der Waals surface area contributed by atoms with Gasteiger partial charge in [0.05, 0.1) is 22.6 Å². The van der Waals surface area contributed by atoms with Gasteiger partial charge in [0, 0.05) is 75.5 Å². The van der Waals surface area contributed by atoms with Crippen LogP contribution in [0.3, 0.4) is 0 Å². The van der Waals surface area contributed by atoms with Gasteiger partial charge in [-0.25, -0.2) is 27.5 Å². The third-order valence-electron chi connectivity index (χ3n) is 13.9. The molecule has 21 nitrogen and oxygen atoms in total. The SMILES string of the molecule is CC(=O)Nc1cccc(N)c1.CC(=O)Nc1cccc(Nc2c(C)c(=O)n(C)c3c2c(=O)n(C2CC2)c(=O)n3-c2ccc(I)cc2F)c1.Cc1ccc(S(=O)(=O)Oc2c(C)c(=O)n(C)c3c2c(=O)n(C2CC2)c(=O)n3-c2ccc(I)cc2F)cc1. The first-order valence-corrected chi connectivity index (χ1v) is 29.8. The third-order valence-corrected chi connectivity index (χ3v) is 16.5. The number of halogens is 4. The largest absolute Gasteiger partial charge is 0.399 e. The maximum atomic E-state index is 15.2. The normalized spacial score (nSPS) is 12.9. The Morgan fingerprint density at radius 1 is 0.588 bits per heavy atom. The number of rotatable bonds is 11. The van der Waals surface area contributed by atoms with Crippen LogP contribution in [0.5, 0.6) is 5.75 Å². The molecule has 85 heavy (non-hydrogen) atoms. The summed E-state index contributed by atoms with van der Waals surface area (Å²) in [6.45, 7) is 7.57. The van der Waals surface area contributed by atoms with Crippen LogP contribution in [0, 0.1) is 39.5 Å². The molecule has 0 saturated heterocycles. The van der Waals surface area contributed by atoms with Gasteiger partial charge in [-0.05, 0) is 177 Å². The van der Waals surface area contributed by atoms with Crippen LogP contribution in [-0.2, 0) is 33.8 Å². The van der Waals surface area contributed by atoms with Crippen LogP contribution >= 0.6 is 45.2 Å². The van der Waals surface area contributed by atoms with Crippen LogP contribution in [0.1, 0.15) is 68.3 Å². The summed E-state index contributed by atoms with van der Waals surface area (Å²) in [4.78, 5) is 103. The van der Waals surface area contributed by atoms with Gasteiger partial charge in [0.15, 0.2) is 5.75 Å². The number of carbonyl (C=O) groups excluding carboxylic acids is 2. The van der Waals surface area contributed by atoms with Crippen LogP contribution in [0.2, 0.25) is 0 Å². The first kappa shape index (κ1) is 61.1. The zero-order chi connectivity index (χ0) is 61.7. The van der Waals surface area contributed by atoms with Crippen LogP contribution in [0.25, 0.3) is 33.4 Å². The van der Waals surface area contributed by atoms with Crippen molar-refractivity contribution in [1.29, 1.82) is 0 Å². The fraction of sp³-hybridized carbons (Fsp3) is 0.220. The van der Waals surface area contributed by atoms with E-state index in [1.165, 1.54) is 75.8 Å². The molecule has 0 radical (unpaired) electrons. The molecule has 2 aliphatic carbocycles. The van der Waals surface area contributed by atoms with E-state index in [1.54, 1.807) is 86.6 Å². The molecule has 2 amide bonds. The predicted molar refractivity (Wildman–Crippen MR) is 338 cm³/mol. The van der Waals surface area contributed by atoms with E-state index in [0.29, 0.717) is 49.9 Å². The van der Waals surface area contributed by atoms with Gasteiger partial charge in [0.1, 0.15) is 38.6 Å². The van der Waals surface area contributed by atoms with Crippen molar-refractivity contribution in [3.05, 3.63) is 207 Å². The molecular formula is C59H54F2I2N10O11S. The number of carbonyl (C=O) groups is 2. The smallest absolute Gasteiger partial charge is 0.339 e. The molecule has 26 heteroatoms. The van der Waals surface area contributed by atoms with Crippen LogP contribution in [-0.4, -0.2) is 47.6 Å². The molecule has 440 valence electrons. The lowest BCUT2D eigenvalue weighted by Gasteiger charge is -2.21.